The maximum absolute atomic E-state index is 7.49. The Morgan fingerprint density at radius 3 is 1.41 bits per heavy atom. The third-order valence-corrected chi connectivity index (χ3v) is 18.1. The summed E-state index contributed by atoms with van der Waals surface area (Å²) in [5.41, 5.74) is 2.25. The standard InChI is InChI=1S/C43H42OP2/c1-42(2,3)46(34-24-14-8-15-25-34,35-26-16-9-17-27-35)39-31-19-29-37-41(39)44-40-36(43(37,4)5)28-18-30-38(40)45(32-20-10-6-11-21-32)33-22-12-7-13-23-33/h6-31,46H,1-5H3. The van der Waals surface area contributed by atoms with Crippen LogP contribution in [0.4, 0.5) is 0 Å². The van der Waals surface area contributed by atoms with E-state index in [0.717, 1.165) is 11.5 Å². The number of hydrogen-bond acceptors (Lipinski definition) is 1. The Morgan fingerprint density at radius 1 is 0.500 bits per heavy atom. The molecule has 0 saturated heterocycles. The first-order valence-corrected chi connectivity index (χ1v) is 19.6. The third-order valence-electron chi connectivity index (χ3n) is 9.77. The van der Waals surface area contributed by atoms with Gasteiger partial charge in [0.1, 0.15) is 0 Å². The third kappa shape index (κ3) is 4.93. The molecule has 0 radical (unpaired) electrons. The SMILES string of the molecule is CC1(C)c2cccc(P(c3ccccc3)c3ccccc3)c2Oc2c1cccc2[PH](c1ccccc1)(c1ccccc1)C(C)(C)C. The molecule has 1 heterocycles. The fourth-order valence-corrected chi connectivity index (χ4v) is 15.8. The van der Waals surface area contributed by atoms with Crippen molar-refractivity contribution in [1.82, 2.24) is 0 Å². The summed E-state index contributed by atoms with van der Waals surface area (Å²) in [6.45, 7) is 12.0. The molecular formula is C43H42OP2. The van der Waals surface area contributed by atoms with Crippen LogP contribution in [0, 0.1) is 0 Å². The van der Waals surface area contributed by atoms with Crippen molar-refractivity contribution in [2.45, 2.75) is 45.2 Å². The van der Waals surface area contributed by atoms with E-state index >= 15 is 0 Å². The zero-order valence-electron chi connectivity index (χ0n) is 27.4. The number of hydrogen-bond donors (Lipinski definition) is 0. The van der Waals surface area contributed by atoms with Crippen LogP contribution >= 0.6 is 15.2 Å². The van der Waals surface area contributed by atoms with Crippen LogP contribution in [0.3, 0.4) is 0 Å². The Morgan fingerprint density at radius 2 is 0.935 bits per heavy atom. The van der Waals surface area contributed by atoms with Gasteiger partial charge in [-0.3, -0.25) is 0 Å². The van der Waals surface area contributed by atoms with Crippen molar-refractivity contribution in [3.05, 3.63) is 169 Å². The van der Waals surface area contributed by atoms with Gasteiger partial charge in [-0.15, -0.1) is 0 Å². The average Bonchev–Trinajstić information content (AvgIpc) is 3.07. The molecule has 46 heavy (non-hydrogen) atoms. The first-order valence-electron chi connectivity index (χ1n) is 16.2. The maximum atomic E-state index is 7.49. The van der Waals surface area contributed by atoms with Crippen LogP contribution in [0.5, 0.6) is 11.5 Å². The first kappa shape index (κ1) is 30.6. The molecule has 0 spiro atoms. The van der Waals surface area contributed by atoms with Crippen molar-refractivity contribution in [2.75, 3.05) is 0 Å². The topological polar surface area (TPSA) is 9.23 Å². The van der Waals surface area contributed by atoms with Gasteiger partial charge in [-0.1, -0.05) is 0 Å². The van der Waals surface area contributed by atoms with E-state index in [1.165, 1.54) is 43.0 Å². The zero-order chi connectivity index (χ0) is 31.9. The molecule has 230 valence electrons. The number of ether oxygens (including phenoxy) is 1. The molecule has 0 atom stereocenters. The summed E-state index contributed by atoms with van der Waals surface area (Å²) >= 11 is 0. The summed E-state index contributed by atoms with van der Waals surface area (Å²) in [4.78, 5) is 0. The Hall–Kier alpha value is -4.02. The van der Waals surface area contributed by atoms with Crippen molar-refractivity contribution in [1.29, 1.82) is 0 Å². The van der Waals surface area contributed by atoms with Gasteiger partial charge in [-0.25, -0.2) is 0 Å². The van der Waals surface area contributed by atoms with Gasteiger partial charge in [0.05, 0.1) is 0 Å². The number of benzene rings is 6. The van der Waals surface area contributed by atoms with Crippen LogP contribution < -0.4 is 36.6 Å². The molecule has 1 nitrogen and oxygen atoms in total. The molecule has 0 unspecified atom stereocenters. The van der Waals surface area contributed by atoms with Crippen molar-refractivity contribution in [3.63, 3.8) is 0 Å². The van der Waals surface area contributed by atoms with Crippen LogP contribution in [0.1, 0.15) is 45.7 Å². The molecule has 6 aromatic carbocycles. The fraction of sp³-hybridized carbons (Fsp3) is 0.163. The van der Waals surface area contributed by atoms with E-state index in [-0.39, 0.29) is 10.6 Å². The van der Waals surface area contributed by atoms with E-state index in [4.69, 9.17) is 4.74 Å². The molecule has 7 rings (SSSR count). The zero-order valence-corrected chi connectivity index (χ0v) is 29.3. The molecule has 0 saturated carbocycles. The fourth-order valence-electron chi connectivity index (χ4n) is 7.69. The molecule has 0 amide bonds. The molecule has 1 aliphatic heterocycles. The molecule has 0 aliphatic carbocycles. The van der Waals surface area contributed by atoms with Crippen LogP contribution in [0.25, 0.3) is 0 Å². The Balaban J connectivity index is 1.53. The van der Waals surface area contributed by atoms with Crippen molar-refractivity contribution in [2.24, 2.45) is 0 Å². The van der Waals surface area contributed by atoms with E-state index in [1.54, 1.807) is 0 Å². The second kappa shape index (κ2) is 12.0. The quantitative estimate of drug-likeness (QED) is 0.166. The Bertz CT molecular complexity index is 1880. The number of rotatable bonds is 6. The molecule has 6 aromatic rings. The van der Waals surface area contributed by atoms with Gasteiger partial charge >= 0.3 is 277 Å². The predicted molar refractivity (Wildman–Crippen MR) is 204 cm³/mol. The van der Waals surface area contributed by atoms with Gasteiger partial charge in [0.2, 0.25) is 0 Å². The molecule has 0 aromatic heterocycles. The van der Waals surface area contributed by atoms with Crippen LogP contribution in [-0.2, 0) is 5.41 Å². The minimum atomic E-state index is -2.68. The molecule has 1 aliphatic rings. The average molecular weight is 637 g/mol. The van der Waals surface area contributed by atoms with Gasteiger partial charge in [0, 0.05) is 0 Å². The van der Waals surface area contributed by atoms with Gasteiger partial charge in [0.15, 0.2) is 0 Å². The van der Waals surface area contributed by atoms with Crippen LogP contribution in [-0.4, -0.2) is 5.16 Å². The van der Waals surface area contributed by atoms with Crippen molar-refractivity contribution < 1.29 is 4.74 Å². The van der Waals surface area contributed by atoms with Gasteiger partial charge in [-0.05, 0) is 0 Å². The van der Waals surface area contributed by atoms with Gasteiger partial charge in [0.25, 0.3) is 0 Å². The normalized spacial score (nSPS) is 14.2. The number of para-hydroxylation sites is 2. The summed E-state index contributed by atoms with van der Waals surface area (Å²) in [7, 11) is -3.53. The van der Waals surface area contributed by atoms with E-state index in [9.17, 15) is 0 Å². The van der Waals surface area contributed by atoms with Gasteiger partial charge in [-0.2, -0.15) is 0 Å². The minimum absolute atomic E-state index is 0.0567. The first-order chi connectivity index (χ1) is 22.2. The summed E-state index contributed by atoms with van der Waals surface area (Å²) in [5.74, 6) is 2.06. The predicted octanol–water partition coefficient (Wildman–Crippen LogP) is 8.70. The van der Waals surface area contributed by atoms with Crippen molar-refractivity contribution >= 4 is 47.0 Å². The molecule has 0 fully saturated rings. The van der Waals surface area contributed by atoms with Crippen LogP contribution in [0.15, 0.2) is 158 Å². The van der Waals surface area contributed by atoms with Crippen molar-refractivity contribution in [3.8, 4) is 11.5 Å². The Kier molecular flexibility index (Phi) is 7.97. The molecule has 0 bridgehead atoms. The van der Waals surface area contributed by atoms with E-state index in [1.807, 2.05) is 0 Å². The summed E-state index contributed by atoms with van der Waals surface area (Å²) in [6, 6.07) is 58.1. The molecule has 3 heteroatoms. The molecular weight excluding hydrogens is 594 g/mol. The monoisotopic (exact) mass is 636 g/mol. The molecule has 0 N–H and O–H groups in total. The van der Waals surface area contributed by atoms with Gasteiger partial charge < -0.3 is 0 Å². The summed E-state index contributed by atoms with van der Waals surface area (Å²) < 4.78 is 7.49. The number of fused-ring (bicyclic) bond motifs is 2. The van der Waals surface area contributed by atoms with E-state index in [2.05, 4.69) is 192 Å². The second-order valence-corrected chi connectivity index (χ2v) is 20.7. The summed E-state index contributed by atoms with van der Waals surface area (Å²) in [5, 5.41) is 8.00. The summed E-state index contributed by atoms with van der Waals surface area (Å²) in [6.07, 6.45) is 0. The second-order valence-electron chi connectivity index (χ2n) is 13.8. The van der Waals surface area contributed by atoms with E-state index < -0.39 is 15.2 Å². The van der Waals surface area contributed by atoms with Crippen LogP contribution in [0.2, 0.25) is 0 Å². The van der Waals surface area contributed by atoms with E-state index in [0.29, 0.717) is 0 Å². The Labute approximate surface area is 276 Å².